The average Bonchev–Trinajstić information content (AvgIpc) is 3.40. The van der Waals surface area contributed by atoms with Gasteiger partial charge in [-0.1, -0.05) is 0 Å². The van der Waals surface area contributed by atoms with Crippen LogP contribution in [0.15, 0.2) is 42.3 Å². The third-order valence-electron chi connectivity index (χ3n) is 4.97. The number of aromatic nitrogens is 3. The van der Waals surface area contributed by atoms with E-state index in [1.165, 1.54) is 12.0 Å². The van der Waals surface area contributed by atoms with Crippen LogP contribution in [0.25, 0.3) is 10.6 Å². The molecule has 4 rings (SSSR count). The molecular weight excluding hydrogens is 370 g/mol. The Morgan fingerprint density at radius 1 is 1.25 bits per heavy atom. The van der Waals surface area contributed by atoms with Crippen molar-refractivity contribution in [2.45, 2.75) is 32.7 Å². The van der Waals surface area contributed by atoms with E-state index in [0.29, 0.717) is 18.7 Å². The highest BCUT2D eigenvalue weighted by Gasteiger charge is 2.21. The van der Waals surface area contributed by atoms with E-state index < -0.39 is 0 Å². The molecule has 3 aromatic heterocycles. The number of hydrogen-bond acceptors (Lipinski definition) is 5. The van der Waals surface area contributed by atoms with Crippen LogP contribution in [0.1, 0.15) is 35.2 Å². The Kier molecular flexibility index (Phi) is 5.71. The summed E-state index contributed by atoms with van der Waals surface area (Å²) >= 11 is 1.69. The number of carbonyl (C=O) groups is 1. The van der Waals surface area contributed by atoms with Crippen molar-refractivity contribution in [3.63, 3.8) is 0 Å². The molecule has 4 heterocycles. The molecule has 0 radical (unpaired) electrons. The molecule has 1 saturated heterocycles. The van der Waals surface area contributed by atoms with Crippen molar-refractivity contribution < 1.29 is 4.79 Å². The minimum atomic E-state index is -0.0675. The van der Waals surface area contributed by atoms with Gasteiger partial charge in [-0.3, -0.25) is 4.79 Å². The Morgan fingerprint density at radius 3 is 2.82 bits per heavy atom. The minimum absolute atomic E-state index is 0.0675. The molecule has 0 aromatic carbocycles. The van der Waals surface area contributed by atoms with Crippen LogP contribution < -0.4 is 10.2 Å². The van der Waals surface area contributed by atoms with E-state index in [9.17, 15) is 4.79 Å². The van der Waals surface area contributed by atoms with Crippen LogP contribution in [0.5, 0.6) is 0 Å². The van der Waals surface area contributed by atoms with Crippen molar-refractivity contribution >= 4 is 23.1 Å². The van der Waals surface area contributed by atoms with Crippen LogP contribution in [-0.2, 0) is 6.54 Å². The van der Waals surface area contributed by atoms with Crippen molar-refractivity contribution in [2.24, 2.45) is 0 Å². The van der Waals surface area contributed by atoms with E-state index in [0.717, 1.165) is 42.3 Å². The van der Waals surface area contributed by atoms with E-state index in [-0.39, 0.29) is 5.91 Å². The smallest absolute Gasteiger partial charge is 0.255 e. The quantitative estimate of drug-likeness (QED) is 0.691. The first-order valence-corrected chi connectivity index (χ1v) is 10.6. The van der Waals surface area contributed by atoms with Crippen molar-refractivity contribution in [1.82, 2.24) is 19.9 Å². The molecule has 1 fully saturated rings. The van der Waals surface area contributed by atoms with Gasteiger partial charge in [0.15, 0.2) is 0 Å². The summed E-state index contributed by atoms with van der Waals surface area (Å²) in [7, 11) is 0. The van der Waals surface area contributed by atoms with Gasteiger partial charge in [0.2, 0.25) is 0 Å². The fourth-order valence-electron chi connectivity index (χ4n) is 3.49. The number of piperidine rings is 1. The van der Waals surface area contributed by atoms with Gasteiger partial charge in [-0.15, -0.1) is 11.3 Å². The number of nitrogens with zero attached hydrogens (tertiary/aromatic N) is 4. The van der Waals surface area contributed by atoms with E-state index in [1.807, 2.05) is 22.9 Å². The first-order valence-electron chi connectivity index (χ1n) is 9.76. The number of thiophene rings is 1. The summed E-state index contributed by atoms with van der Waals surface area (Å²) in [5.41, 5.74) is 2.83. The molecule has 0 spiro atoms. The normalized spacial score (nSPS) is 14.2. The first kappa shape index (κ1) is 18.7. The van der Waals surface area contributed by atoms with Gasteiger partial charge in [-0.2, -0.15) is 0 Å². The monoisotopic (exact) mass is 395 g/mol. The van der Waals surface area contributed by atoms with Crippen LogP contribution >= 0.6 is 11.3 Å². The molecule has 3 aromatic rings. The molecule has 1 N–H and O–H groups in total. The maximum absolute atomic E-state index is 12.9. The van der Waals surface area contributed by atoms with Gasteiger partial charge in [0.05, 0.1) is 22.5 Å². The van der Waals surface area contributed by atoms with E-state index in [1.54, 1.807) is 23.9 Å². The number of carbonyl (C=O) groups excluding carboxylic acids is 1. The molecule has 28 heavy (non-hydrogen) atoms. The lowest BCUT2D eigenvalue weighted by Crippen LogP contribution is -2.34. The number of rotatable bonds is 6. The minimum Gasteiger partial charge on any atom is -0.356 e. The van der Waals surface area contributed by atoms with Crippen LogP contribution in [0, 0.1) is 6.92 Å². The van der Waals surface area contributed by atoms with Crippen LogP contribution in [0.2, 0.25) is 0 Å². The molecule has 1 aliphatic rings. The summed E-state index contributed by atoms with van der Waals surface area (Å²) in [6, 6.07) is 6.04. The molecule has 0 atom stereocenters. The number of pyridine rings is 1. The van der Waals surface area contributed by atoms with Gasteiger partial charge in [0, 0.05) is 38.6 Å². The standard InChI is InChI=1S/C21H25N5OS/c1-16-13-19(28-14-16)18-6-5-17(20(24-18)26-9-3-2-4-10-26)21(27)23-8-12-25-11-7-22-15-25/h5-7,11,13-15H,2-4,8-10,12H2,1H3,(H,23,27). The Hall–Kier alpha value is -2.67. The molecule has 0 saturated carbocycles. The van der Waals surface area contributed by atoms with E-state index in [2.05, 4.69) is 33.6 Å². The zero-order valence-corrected chi connectivity index (χ0v) is 16.9. The molecular formula is C21H25N5OS. The lowest BCUT2D eigenvalue weighted by atomic mass is 10.1. The van der Waals surface area contributed by atoms with Crippen molar-refractivity contribution in [3.8, 4) is 10.6 Å². The predicted molar refractivity (Wildman–Crippen MR) is 113 cm³/mol. The summed E-state index contributed by atoms with van der Waals surface area (Å²) < 4.78 is 1.95. The third-order valence-corrected chi connectivity index (χ3v) is 6.04. The Morgan fingerprint density at radius 2 is 2.11 bits per heavy atom. The molecule has 0 bridgehead atoms. The lowest BCUT2D eigenvalue weighted by molar-refractivity contribution is 0.0952. The maximum Gasteiger partial charge on any atom is 0.255 e. The zero-order chi connectivity index (χ0) is 19.3. The van der Waals surface area contributed by atoms with Gasteiger partial charge in [-0.25, -0.2) is 9.97 Å². The zero-order valence-electron chi connectivity index (χ0n) is 16.1. The van der Waals surface area contributed by atoms with Gasteiger partial charge >= 0.3 is 0 Å². The fourth-order valence-corrected chi connectivity index (χ4v) is 4.36. The van der Waals surface area contributed by atoms with Gasteiger partial charge < -0.3 is 14.8 Å². The molecule has 146 valence electrons. The Balaban J connectivity index is 1.56. The molecule has 7 heteroatoms. The SMILES string of the molecule is Cc1csc(-c2ccc(C(=O)NCCn3ccnc3)c(N3CCCCC3)n2)c1. The summed E-state index contributed by atoms with van der Waals surface area (Å²) in [5.74, 6) is 0.741. The highest BCUT2D eigenvalue weighted by Crippen LogP contribution is 2.30. The molecule has 1 amide bonds. The summed E-state index contributed by atoms with van der Waals surface area (Å²) in [6.45, 7) is 5.25. The number of amides is 1. The second kappa shape index (κ2) is 8.56. The lowest BCUT2D eigenvalue weighted by Gasteiger charge is -2.29. The molecule has 0 aliphatic carbocycles. The maximum atomic E-state index is 12.9. The summed E-state index contributed by atoms with van der Waals surface area (Å²) in [4.78, 5) is 25.2. The second-order valence-corrected chi connectivity index (χ2v) is 8.07. The fraction of sp³-hybridized carbons (Fsp3) is 0.381. The van der Waals surface area contributed by atoms with Gasteiger partial charge in [0.1, 0.15) is 5.82 Å². The van der Waals surface area contributed by atoms with E-state index >= 15 is 0 Å². The largest absolute Gasteiger partial charge is 0.356 e. The van der Waals surface area contributed by atoms with Crippen LogP contribution in [-0.4, -0.2) is 40.1 Å². The topological polar surface area (TPSA) is 63.1 Å². The highest BCUT2D eigenvalue weighted by atomic mass is 32.1. The number of hydrogen-bond donors (Lipinski definition) is 1. The number of aryl methyl sites for hydroxylation is 1. The van der Waals surface area contributed by atoms with Crippen LogP contribution in [0.3, 0.4) is 0 Å². The Labute approximate surface area is 169 Å². The van der Waals surface area contributed by atoms with Crippen molar-refractivity contribution in [2.75, 3.05) is 24.5 Å². The van der Waals surface area contributed by atoms with Crippen LogP contribution in [0.4, 0.5) is 5.82 Å². The van der Waals surface area contributed by atoms with E-state index in [4.69, 9.17) is 4.98 Å². The van der Waals surface area contributed by atoms with Gasteiger partial charge in [0.25, 0.3) is 5.91 Å². The second-order valence-electron chi connectivity index (χ2n) is 7.16. The first-order chi connectivity index (χ1) is 13.7. The van der Waals surface area contributed by atoms with Gasteiger partial charge in [-0.05, 0) is 55.3 Å². The summed E-state index contributed by atoms with van der Waals surface area (Å²) in [6.07, 6.45) is 8.92. The number of imidazole rings is 1. The number of anilines is 1. The van der Waals surface area contributed by atoms with Crippen molar-refractivity contribution in [3.05, 3.63) is 53.4 Å². The predicted octanol–water partition coefficient (Wildman–Crippen LogP) is 3.74. The van der Waals surface area contributed by atoms with Crippen molar-refractivity contribution in [1.29, 1.82) is 0 Å². The summed E-state index contributed by atoms with van der Waals surface area (Å²) in [5, 5.41) is 5.16. The highest BCUT2D eigenvalue weighted by molar-refractivity contribution is 7.13. The number of nitrogens with one attached hydrogen (secondary N) is 1. The third kappa shape index (κ3) is 4.25. The molecule has 0 unspecified atom stereocenters. The average molecular weight is 396 g/mol. The molecule has 6 nitrogen and oxygen atoms in total. The molecule has 1 aliphatic heterocycles. The Bertz CT molecular complexity index is 928.